The fraction of sp³-hybridized carbons (Fsp3) is 1.00. The molecule has 0 aliphatic rings. The molecule has 0 radical (unpaired) electrons. The van der Waals surface area contributed by atoms with Gasteiger partial charge < -0.3 is 0 Å². The van der Waals surface area contributed by atoms with Crippen LogP contribution in [0.5, 0.6) is 0 Å². The van der Waals surface area contributed by atoms with Crippen molar-refractivity contribution in [3.05, 3.63) is 0 Å². The summed E-state index contributed by atoms with van der Waals surface area (Å²) in [7, 11) is 0. The molecule has 0 aliphatic heterocycles. The van der Waals surface area contributed by atoms with Gasteiger partial charge in [-0.1, -0.05) is 0 Å². The Morgan fingerprint density at radius 1 is 0.459 bits per heavy atom. The van der Waals surface area contributed by atoms with Crippen LogP contribution in [0.4, 0.5) is 61.5 Å². The first-order valence-corrected chi connectivity index (χ1v) is 16.6. The summed E-state index contributed by atoms with van der Waals surface area (Å²) in [4.78, 5) is 0. The molecule has 0 aromatic rings. The van der Waals surface area contributed by atoms with Gasteiger partial charge in [-0.2, -0.15) is 0 Å². The Balaban J connectivity index is 6.90. The fourth-order valence-corrected chi connectivity index (χ4v) is 12.4. The Bertz CT molecular complexity index is 608. The summed E-state index contributed by atoms with van der Waals surface area (Å²) < 4.78 is 189. The van der Waals surface area contributed by atoms with Gasteiger partial charge in [-0.25, -0.2) is 0 Å². The van der Waals surface area contributed by atoms with E-state index in [4.69, 9.17) is 0 Å². The third-order valence-corrected chi connectivity index (χ3v) is 15.5. The van der Waals surface area contributed by atoms with Crippen molar-refractivity contribution in [1.29, 1.82) is 0 Å². The van der Waals surface area contributed by atoms with E-state index >= 15 is 17.6 Å². The molecule has 0 spiro atoms. The van der Waals surface area contributed by atoms with Crippen molar-refractivity contribution in [2.24, 2.45) is 0 Å². The number of hydrogen-bond acceptors (Lipinski definition) is 2. The number of rotatable bonds is 18. The van der Waals surface area contributed by atoms with Crippen LogP contribution in [-0.2, 0) is 6.15 Å². The molecular weight excluding hydrogens is 657 g/mol. The Labute approximate surface area is 210 Å². The average Bonchev–Trinajstić information content (AvgIpc) is 2.67. The van der Waals surface area contributed by atoms with Gasteiger partial charge in [0.2, 0.25) is 0 Å². The zero-order valence-electron chi connectivity index (χ0n) is 20.1. The molecule has 224 valence electrons. The maximum atomic E-state index is 15.2. The van der Waals surface area contributed by atoms with Crippen LogP contribution in [0.3, 0.4) is 0 Å². The van der Waals surface area contributed by atoms with E-state index in [0.717, 1.165) is 0 Å². The molecular formula is C20H30F14O2Sn. The summed E-state index contributed by atoms with van der Waals surface area (Å²) in [6.45, 7) is 0.615. The first-order chi connectivity index (χ1) is 16.5. The minimum absolute atomic E-state index is 0.0317. The third-order valence-electron chi connectivity index (χ3n) is 5.20. The predicted octanol–water partition coefficient (Wildman–Crippen LogP) is 9.15. The maximum absolute atomic E-state index is 15.2. The van der Waals surface area contributed by atoms with Crippen molar-refractivity contribution in [1.82, 2.24) is 0 Å². The molecule has 0 atom stereocenters. The normalized spacial score (nSPS) is 14.9. The van der Waals surface area contributed by atoms with Crippen LogP contribution in [0, 0.1) is 0 Å². The average molecular weight is 687 g/mol. The summed E-state index contributed by atoms with van der Waals surface area (Å²) >= 11 is -9.10. The monoisotopic (exact) mass is 688 g/mol. The summed E-state index contributed by atoms with van der Waals surface area (Å²) in [5.41, 5.74) is 0. The van der Waals surface area contributed by atoms with Crippen LogP contribution in [0.1, 0.15) is 78.1 Å². The van der Waals surface area contributed by atoms with Gasteiger partial charge in [0.05, 0.1) is 0 Å². The predicted molar refractivity (Wildman–Crippen MR) is 107 cm³/mol. The quantitative estimate of drug-likeness (QED) is 0.0814. The zero-order chi connectivity index (χ0) is 29.4. The second-order valence-electron chi connectivity index (χ2n) is 8.58. The third kappa shape index (κ3) is 10.0. The van der Waals surface area contributed by atoms with Crippen molar-refractivity contribution in [3.63, 3.8) is 0 Å². The van der Waals surface area contributed by atoms with Crippen LogP contribution in [0.2, 0.25) is 0 Å². The van der Waals surface area contributed by atoms with Gasteiger partial charge in [0.15, 0.2) is 0 Å². The van der Waals surface area contributed by atoms with E-state index in [1.54, 1.807) is 13.8 Å². The zero-order valence-corrected chi connectivity index (χ0v) is 22.9. The van der Waals surface area contributed by atoms with E-state index in [2.05, 4.69) is 6.15 Å². The molecule has 0 N–H and O–H groups in total. The van der Waals surface area contributed by atoms with Gasteiger partial charge in [0.1, 0.15) is 0 Å². The molecule has 0 saturated carbocycles. The SMILES string of the molecule is CCCCCC[O][Sn]([O]CCCCCC)([C](F)(F)C(F)(F)CC(F)(F)F)[C](F)(F)C(F)(F)CC(F)(F)F. The van der Waals surface area contributed by atoms with Crippen molar-refractivity contribution in [3.8, 4) is 0 Å². The summed E-state index contributed by atoms with van der Waals surface area (Å²) in [6, 6.07) is 0. The summed E-state index contributed by atoms with van der Waals surface area (Å²) in [5, 5.41) is 0. The molecule has 17 heteroatoms. The molecule has 0 fully saturated rings. The van der Waals surface area contributed by atoms with E-state index in [1.165, 1.54) is 0 Å². The molecule has 0 bridgehead atoms. The topological polar surface area (TPSA) is 18.5 Å². The van der Waals surface area contributed by atoms with Crippen LogP contribution < -0.4 is 0 Å². The Kier molecular flexibility index (Phi) is 13.8. The van der Waals surface area contributed by atoms with Crippen LogP contribution in [0.25, 0.3) is 0 Å². The number of halogens is 14. The van der Waals surface area contributed by atoms with E-state index in [9.17, 15) is 43.9 Å². The summed E-state index contributed by atoms with van der Waals surface area (Å²) in [6.07, 6.45) is -18.8. The van der Waals surface area contributed by atoms with Crippen molar-refractivity contribution >= 4 is 19.2 Å². The van der Waals surface area contributed by atoms with Gasteiger partial charge in [-0.3, -0.25) is 0 Å². The van der Waals surface area contributed by atoms with Crippen LogP contribution >= 0.6 is 0 Å². The Morgan fingerprint density at radius 2 is 0.757 bits per heavy atom. The second-order valence-corrected chi connectivity index (χ2v) is 17.3. The van der Waals surface area contributed by atoms with Gasteiger partial charge >= 0.3 is 210 Å². The molecule has 0 aliphatic carbocycles. The van der Waals surface area contributed by atoms with Crippen molar-refractivity contribution < 1.29 is 67.6 Å². The van der Waals surface area contributed by atoms with Crippen LogP contribution in [-0.4, -0.2) is 64.5 Å². The van der Waals surface area contributed by atoms with Gasteiger partial charge in [0, 0.05) is 0 Å². The molecule has 0 aromatic heterocycles. The first-order valence-electron chi connectivity index (χ1n) is 11.5. The molecule has 0 aromatic carbocycles. The first kappa shape index (κ1) is 36.7. The van der Waals surface area contributed by atoms with Crippen molar-refractivity contribution in [2.75, 3.05) is 13.2 Å². The molecule has 37 heavy (non-hydrogen) atoms. The standard InChI is InChI=1S/2C6H13O.2C4H2F7.Sn/c2*1-2-3-4-5-6-7;2*5-2(6)3(7,8)1-4(9,10)11;/h2*2-6H2,1H3;2*1H2;/q2*-1;;;+2. The molecule has 0 unspecified atom stereocenters. The molecule has 0 heterocycles. The molecule has 0 rings (SSSR count). The Hall–Kier alpha value is -0.261. The number of hydrogen-bond donors (Lipinski definition) is 0. The summed E-state index contributed by atoms with van der Waals surface area (Å²) in [5.74, 6) is -12.9. The number of alkyl halides is 14. The Morgan fingerprint density at radius 3 is 1.00 bits per heavy atom. The van der Waals surface area contributed by atoms with Gasteiger partial charge in [-0.15, -0.1) is 0 Å². The van der Waals surface area contributed by atoms with E-state index in [-0.39, 0.29) is 12.8 Å². The number of unbranched alkanes of at least 4 members (excludes halogenated alkanes) is 6. The van der Waals surface area contributed by atoms with E-state index in [1.807, 2.05) is 0 Å². The molecule has 0 amide bonds. The second kappa shape index (κ2) is 13.9. The van der Waals surface area contributed by atoms with E-state index in [0.29, 0.717) is 25.7 Å². The van der Waals surface area contributed by atoms with Crippen LogP contribution in [0.15, 0.2) is 0 Å². The van der Waals surface area contributed by atoms with Gasteiger partial charge in [0.25, 0.3) is 0 Å². The van der Waals surface area contributed by atoms with E-state index < -0.39 is 90.2 Å². The molecule has 0 saturated heterocycles. The minimum atomic E-state index is -9.10. The van der Waals surface area contributed by atoms with Crippen molar-refractivity contribution in [2.45, 2.75) is 110 Å². The molecule has 2 nitrogen and oxygen atoms in total. The van der Waals surface area contributed by atoms with Gasteiger partial charge in [-0.05, 0) is 0 Å². The fourth-order valence-electron chi connectivity index (χ4n) is 3.30.